The van der Waals surface area contributed by atoms with Crippen LogP contribution in [0.15, 0.2) is 36.4 Å². The van der Waals surface area contributed by atoms with Gasteiger partial charge in [0.25, 0.3) is 5.91 Å². The first-order valence-corrected chi connectivity index (χ1v) is 5.91. The molecule has 0 unspecified atom stereocenters. The van der Waals surface area contributed by atoms with Crippen molar-refractivity contribution in [1.82, 2.24) is 0 Å². The van der Waals surface area contributed by atoms with Crippen LogP contribution in [0.4, 0.5) is 4.39 Å². The normalized spacial score (nSPS) is 10.3. The van der Waals surface area contributed by atoms with Crippen LogP contribution in [-0.4, -0.2) is 11.8 Å². The van der Waals surface area contributed by atoms with Gasteiger partial charge in [-0.25, -0.2) is 4.39 Å². The number of primary amides is 2. The molecule has 4 nitrogen and oxygen atoms in total. The molecule has 4 N–H and O–H groups in total. The molecule has 0 spiro atoms. The Hall–Kier alpha value is -2.69. The third kappa shape index (κ3) is 2.38. The second kappa shape index (κ2) is 5.13. The van der Waals surface area contributed by atoms with E-state index in [4.69, 9.17) is 11.5 Å². The van der Waals surface area contributed by atoms with Crippen LogP contribution in [0.1, 0.15) is 26.3 Å². The molecule has 2 rings (SSSR count). The van der Waals surface area contributed by atoms with Gasteiger partial charge in [0, 0.05) is 11.1 Å². The number of hydrogen-bond acceptors (Lipinski definition) is 2. The van der Waals surface area contributed by atoms with Crippen LogP contribution in [0.5, 0.6) is 0 Å². The van der Waals surface area contributed by atoms with Gasteiger partial charge in [-0.15, -0.1) is 0 Å². The number of benzene rings is 2. The molecule has 0 radical (unpaired) electrons. The summed E-state index contributed by atoms with van der Waals surface area (Å²) in [7, 11) is 0. The van der Waals surface area contributed by atoms with E-state index in [9.17, 15) is 14.0 Å². The molecule has 0 saturated carbocycles. The van der Waals surface area contributed by atoms with E-state index in [1.165, 1.54) is 18.2 Å². The van der Waals surface area contributed by atoms with Crippen molar-refractivity contribution < 1.29 is 14.0 Å². The monoisotopic (exact) mass is 272 g/mol. The standard InChI is InChI=1S/C15H13FN2O2/c1-8-2-7-11(15(18)20)13(16)12(8)9-3-5-10(6-4-9)14(17)19/h2-7H,1H3,(H2,17,19)(H2,18,20). The molecule has 0 atom stereocenters. The first-order valence-electron chi connectivity index (χ1n) is 5.91. The average molecular weight is 272 g/mol. The number of amides is 2. The molecule has 20 heavy (non-hydrogen) atoms. The van der Waals surface area contributed by atoms with Crippen LogP contribution >= 0.6 is 0 Å². The summed E-state index contributed by atoms with van der Waals surface area (Å²) in [4.78, 5) is 22.2. The van der Waals surface area contributed by atoms with Crippen molar-refractivity contribution in [1.29, 1.82) is 0 Å². The fourth-order valence-electron chi connectivity index (χ4n) is 2.02. The van der Waals surface area contributed by atoms with Crippen LogP contribution < -0.4 is 11.5 Å². The van der Waals surface area contributed by atoms with E-state index in [-0.39, 0.29) is 11.1 Å². The topological polar surface area (TPSA) is 86.2 Å². The van der Waals surface area contributed by atoms with Gasteiger partial charge in [-0.05, 0) is 36.2 Å². The predicted octanol–water partition coefficient (Wildman–Crippen LogP) is 2.00. The molecule has 0 bridgehead atoms. The Balaban J connectivity index is 2.60. The summed E-state index contributed by atoms with van der Waals surface area (Å²) in [5, 5.41) is 0. The van der Waals surface area contributed by atoms with Gasteiger partial charge in [0.15, 0.2) is 0 Å². The Kier molecular flexibility index (Phi) is 3.52. The Morgan fingerprint density at radius 2 is 1.55 bits per heavy atom. The van der Waals surface area contributed by atoms with E-state index < -0.39 is 17.6 Å². The number of aryl methyl sites for hydroxylation is 1. The third-order valence-corrected chi connectivity index (χ3v) is 3.07. The first kappa shape index (κ1) is 13.7. The Labute approximate surface area is 115 Å². The smallest absolute Gasteiger partial charge is 0.251 e. The molecule has 0 aromatic heterocycles. The van der Waals surface area contributed by atoms with Crippen molar-refractivity contribution in [3.05, 3.63) is 58.9 Å². The van der Waals surface area contributed by atoms with Crippen molar-refractivity contribution in [3.8, 4) is 11.1 Å². The van der Waals surface area contributed by atoms with E-state index in [1.54, 1.807) is 25.1 Å². The van der Waals surface area contributed by atoms with E-state index >= 15 is 0 Å². The van der Waals surface area contributed by atoms with Crippen molar-refractivity contribution in [2.24, 2.45) is 11.5 Å². The lowest BCUT2D eigenvalue weighted by molar-refractivity contribution is 0.0989. The fourth-order valence-corrected chi connectivity index (χ4v) is 2.02. The average Bonchev–Trinajstić information content (AvgIpc) is 2.38. The van der Waals surface area contributed by atoms with Crippen molar-refractivity contribution in [2.45, 2.75) is 6.92 Å². The van der Waals surface area contributed by atoms with E-state index in [0.717, 1.165) is 0 Å². The number of halogens is 1. The lowest BCUT2D eigenvalue weighted by atomic mass is 9.96. The highest BCUT2D eigenvalue weighted by molar-refractivity contribution is 5.95. The van der Waals surface area contributed by atoms with Crippen molar-refractivity contribution in [3.63, 3.8) is 0 Å². The maximum atomic E-state index is 14.3. The molecule has 0 aliphatic rings. The van der Waals surface area contributed by atoms with Gasteiger partial charge >= 0.3 is 0 Å². The zero-order chi connectivity index (χ0) is 14.9. The second-order valence-electron chi connectivity index (χ2n) is 4.42. The van der Waals surface area contributed by atoms with Crippen LogP contribution in [0.3, 0.4) is 0 Å². The SMILES string of the molecule is Cc1ccc(C(N)=O)c(F)c1-c1ccc(C(N)=O)cc1. The van der Waals surface area contributed by atoms with Gasteiger partial charge in [-0.2, -0.15) is 0 Å². The van der Waals surface area contributed by atoms with Gasteiger partial charge in [0.1, 0.15) is 5.82 Å². The summed E-state index contributed by atoms with van der Waals surface area (Å²) in [6, 6.07) is 9.16. The highest BCUT2D eigenvalue weighted by Gasteiger charge is 2.16. The van der Waals surface area contributed by atoms with Gasteiger partial charge in [0.05, 0.1) is 5.56 Å². The summed E-state index contributed by atoms with van der Waals surface area (Å²) in [6.07, 6.45) is 0. The molecule has 0 fully saturated rings. The molecule has 0 aliphatic carbocycles. The molecule has 102 valence electrons. The van der Waals surface area contributed by atoms with E-state index in [2.05, 4.69) is 0 Å². The maximum Gasteiger partial charge on any atom is 0.251 e. The largest absolute Gasteiger partial charge is 0.366 e. The quantitative estimate of drug-likeness (QED) is 0.895. The molecule has 0 aliphatic heterocycles. The Morgan fingerprint density at radius 1 is 0.950 bits per heavy atom. The number of rotatable bonds is 3. The maximum absolute atomic E-state index is 14.3. The Morgan fingerprint density at radius 3 is 2.05 bits per heavy atom. The molecule has 0 saturated heterocycles. The van der Waals surface area contributed by atoms with Gasteiger partial charge in [-0.3, -0.25) is 9.59 Å². The zero-order valence-electron chi connectivity index (χ0n) is 10.8. The second-order valence-corrected chi connectivity index (χ2v) is 4.42. The van der Waals surface area contributed by atoms with Gasteiger partial charge < -0.3 is 11.5 Å². The predicted molar refractivity (Wildman–Crippen MR) is 73.6 cm³/mol. The minimum absolute atomic E-state index is 0.162. The number of carbonyl (C=O) groups is 2. The fraction of sp³-hybridized carbons (Fsp3) is 0.0667. The highest BCUT2D eigenvalue weighted by atomic mass is 19.1. The molecule has 0 heterocycles. The minimum atomic E-state index is -0.822. The molecule has 2 aromatic rings. The Bertz CT molecular complexity index is 694. The molecular weight excluding hydrogens is 259 g/mol. The van der Waals surface area contributed by atoms with Crippen molar-refractivity contribution in [2.75, 3.05) is 0 Å². The van der Waals surface area contributed by atoms with Gasteiger partial charge in [-0.1, -0.05) is 18.2 Å². The van der Waals surface area contributed by atoms with Crippen molar-refractivity contribution >= 4 is 11.8 Å². The minimum Gasteiger partial charge on any atom is -0.366 e. The molecule has 2 aromatic carbocycles. The highest BCUT2D eigenvalue weighted by Crippen LogP contribution is 2.28. The molecule has 5 heteroatoms. The zero-order valence-corrected chi connectivity index (χ0v) is 10.8. The number of hydrogen-bond donors (Lipinski definition) is 2. The summed E-state index contributed by atoms with van der Waals surface area (Å²) in [6.45, 7) is 1.73. The van der Waals surface area contributed by atoms with Crippen LogP contribution in [0.25, 0.3) is 11.1 Å². The van der Waals surface area contributed by atoms with E-state index in [1.807, 2.05) is 0 Å². The summed E-state index contributed by atoms with van der Waals surface area (Å²) >= 11 is 0. The molecule has 2 amide bonds. The summed E-state index contributed by atoms with van der Waals surface area (Å²) < 4.78 is 14.3. The summed E-state index contributed by atoms with van der Waals surface area (Å²) in [5.74, 6) is -2.04. The lowest BCUT2D eigenvalue weighted by Crippen LogP contribution is -2.14. The third-order valence-electron chi connectivity index (χ3n) is 3.07. The molecular formula is C15H13FN2O2. The number of nitrogens with two attached hydrogens (primary N) is 2. The number of carbonyl (C=O) groups excluding carboxylic acids is 2. The van der Waals surface area contributed by atoms with Crippen LogP contribution in [0, 0.1) is 12.7 Å². The van der Waals surface area contributed by atoms with Gasteiger partial charge in [0.2, 0.25) is 5.91 Å². The van der Waals surface area contributed by atoms with Crippen LogP contribution in [0.2, 0.25) is 0 Å². The first-order chi connectivity index (χ1) is 9.41. The summed E-state index contributed by atoms with van der Waals surface area (Å²) in [5.41, 5.74) is 12.0. The van der Waals surface area contributed by atoms with E-state index in [0.29, 0.717) is 16.7 Å². The van der Waals surface area contributed by atoms with Crippen LogP contribution in [-0.2, 0) is 0 Å². The lowest BCUT2D eigenvalue weighted by Gasteiger charge is -2.10.